The van der Waals surface area contributed by atoms with E-state index in [0.717, 1.165) is 5.02 Å². The van der Waals surface area contributed by atoms with Crippen molar-refractivity contribution < 1.29 is 0 Å². The summed E-state index contributed by atoms with van der Waals surface area (Å²) in [6, 6.07) is 9.03. The van der Waals surface area contributed by atoms with Crippen LogP contribution < -0.4 is 5.32 Å². The van der Waals surface area contributed by atoms with Gasteiger partial charge in [-0.2, -0.15) is 0 Å². The number of nitrogens with one attached hydrogen (secondary N) is 1. The summed E-state index contributed by atoms with van der Waals surface area (Å²) in [5.74, 6) is 0. The fourth-order valence-corrected chi connectivity index (χ4v) is 2.93. The predicted molar refractivity (Wildman–Crippen MR) is 74.4 cm³/mol. The van der Waals surface area contributed by atoms with Crippen LogP contribution in [0.1, 0.15) is 46.2 Å². The molecule has 0 saturated heterocycles. The molecule has 17 heavy (non-hydrogen) atoms. The average Bonchev–Trinajstić information content (AvgIpc) is 2.61. The first-order chi connectivity index (χ1) is 7.76. The van der Waals surface area contributed by atoms with E-state index in [1.54, 1.807) is 0 Å². The minimum atomic E-state index is 0.347. The summed E-state index contributed by atoms with van der Waals surface area (Å²) in [5.41, 5.74) is 2.01. The molecule has 1 aliphatic rings. The monoisotopic (exact) mass is 251 g/mol. The molecule has 1 aromatic carbocycles. The number of hydrogen-bond donors (Lipinski definition) is 1. The van der Waals surface area contributed by atoms with Crippen LogP contribution in [0.2, 0.25) is 5.02 Å². The van der Waals surface area contributed by atoms with Crippen LogP contribution in [-0.2, 0) is 0 Å². The van der Waals surface area contributed by atoms with E-state index in [1.165, 1.54) is 5.56 Å². The Hall–Kier alpha value is -0.530. The van der Waals surface area contributed by atoms with Crippen LogP contribution in [0, 0.1) is 10.8 Å². The predicted octanol–water partition coefficient (Wildman–Crippen LogP) is 4.43. The molecule has 0 bridgehead atoms. The van der Waals surface area contributed by atoms with E-state index in [9.17, 15) is 0 Å². The van der Waals surface area contributed by atoms with Crippen molar-refractivity contribution in [3.05, 3.63) is 34.9 Å². The topological polar surface area (TPSA) is 12.0 Å². The van der Waals surface area contributed by atoms with Crippen molar-refractivity contribution in [2.45, 2.75) is 46.7 Å². The molecule has 0 amide bonds. The van der Waals surface area contributed by atoms with Gasteiger partial charge in [0.2, 0.25) is 0 Å². The summed E-state index contributed by atoms with van der Waals surface area (Å²) >= 11 is 6.03. The molecule has 0 spiro atoms. The lowest BCUT2D eigenvalue weighted by Crippen LogP contribution is -2.25. The van der Waals surface area contributed by atoms with Gasteiger partial charge < -0.3 is 5.32 Å². The summed E-state index contributed by atoms with van der Waals surface area (Å²) < 4.78 is 0. The van der Waals surface area contributed by atoms with E-state index in [4.69, 9.17) is 11.6 Å². The molecule has 0 aromatic heterocycles. The molecule has 1 saturated carbocycles. The fourth-order valence-electron chi connectivity index (χ4n) is 2.74. The summed E-state index contributed by atoms with van der Waals surface area (Å²) in [5, 5.41) is 4.53. The molecule has 0 radical (unpaired) electrons. The lowest BCUT2D eigenvalue weighted by molar-refractivity contribution is 0.457. The zero-order chi connectivity index (χ0) is 12.8. The second-order valence-corrected chi connectivity index (χ2v) is 6.76. The minimum Gasteiger partial charge on any atom is -0.306 e. The molecule has 1 atom stereocenters. The molecule has 2 heteroatoms. The Morgan fingerprint density at radius 2 is 1.76 bits per heavy atom. The van der Waals surface area contributed by atoms with Crippen molar-refractivity contribution in [2.24, 2.45) is 10.8 Å². The quantitative estimate of drug-likeness (QED) is 0.838. The van der Waals surface area contributed by atoms with Gasteiger partial charge in [0.1, 0.15) is 0 Å². The second-order valence-electron chi connectivity index (χ2n) is 6.32. The van der Waals surface area contributed by atoms with Gasteiger partial charge in [-0.3, -0.25) is 0 Å². The molecule has 2 rings (SSSR count). The van der Waals surface area contributed by atoms with Gasteiger partial charge in [-0.05, 0) is 35.4 Å². The number of rotatable bonds is 3. The average molecular weight is 252 g/mol. The summed E-state index contributed by atoms with van der Waals surface area (Å²) in [6.45, 7) is 11.5. The number of halogens is 1. The third-order valence-electron chi connectivity index (χ3n) is 4.79. The molecule has 0 heterocycles. The third kappa shape index (κ3) is 2.11. The van der Waals surface area contributed by atoms with Crippen molar-refractivity contribution >= 4 is 11.6 Å². The third-order valence-corrected chi connectivity index (χ3v) is 5.02. The maximum absolute atomic E-state index is 6.03. The Bertz CT molecular complexity index is 409. The molecular weight excluding hydrogens is 230 g/mol. The standard InChI is InChI=1S/C15H22ClN/c1-10(11-7-6-8-12(16)9-11)17-13-14(2,3)15(13,4)5/h6-10,13,17H,1-5H3. The van der Waals surface area contributed by atoms with E-state index in [-0.39, 0.29) is 0 Å². The smallest absolute Gasteiger partial charge is 0.0409 e. The lowest BCUT2D eigenvalue weighted by Gasteiger charge is -2.16. The summed E-state index contributed by atoms with van der Waals surface area (Å²) in [4.78, 5) is 0. The van der Waals surface area contributed by atoms with Gasteiger partial charge in [-0.1, -0.05) is 51.4 Å². The Kier molecular flexibility index (Phi) is 3.04. The zero-order valence-electron chi connectivity index (χ0n) is 11.3. The van der Waals surface area contributed by atoms with Gasteiger partial charge in [0.05, 0.1) is 0 Å². The Morgan fingerprint density at radius 1 is 1.18 bits per heavy atom. The normalized spacial score (nSPS) is 23.4. The molecular formula is C15H22ClN. The molecule has 0 aliphatic heterocycles. The van der Waals surface area contributed by atoms with Crippen LogP contribution >= 0.6 is 11.6 Å². The SMILES string of the molecule is CC(NC1C(C)(C)C1(C)C)c1cccc(Cl)c1. The molecule has 1 nitrogen and oxygen atoms in total. The van der Waals surface area contributed by atoms with E-state index >= 15 is 0 Å². The van der Waals surface area contributed by atoms with Crippen LogP contribution in [-0.4, -0.2) is 6.04 Å². The first-order valence-electron chi connectivity index (χ1n) is 6.28. The van der Waals surface area contributed by atoms with Gasteiger partial charge >= 0.3 is 0 Å². The van der Waals surface area contributed by atoms with Crippen LogP contribution in [0.3, 0.4) is 0 Å². The first kappa shape index (κ1) is 12.9. The molecule has 1 aromatic rings. The second kappa shape index (κ2) is 4.00. The van der Waals surface area contributed by atoms with Gasteiger partial charge in [0.15, 0.2) is 0 Å². The summed E-state index contributed by atoms with van der Waals surface area (Å²) in [6.07, 6.45) is 0. The van der Waals surface area contributed by atoms with Gasteiger partial charge in [-0.15, -0.1) is 0 Å². The molecule has 1 N–H and O–H groups in total. The molecule has 1 aliphatic carbocycles. The van der Waals surface area contributed by atoms with Gasteiger partial charge in [-0.25, -0.2) is 0 Å². The molecule has 1 fully saturated rings. The van der Waals surface area contributed by atoms with Crippen molar-refractivity contribution in [3.8, 4) is 0 Å². The van der Waals surface area contributed by atoms with Crippen molar-refractivity contribution in [2.75, 3.05) is 0 Å². The van der Waals surface area contributed by atoms with Crippen molar-refractivity contribution in [3.63, 3.8) is 0 Å². The summed E-state index contributed by atoms with van der Waals surface area (Å²) in [7, 11) is 0. The van der Waals surface area contributed by atoms with E-state index in [2.05, 4.69) is 46.0 Å². The van der Waals surface area contributed by atoms with Crippen LogP contribution in [0.15, 0.2) is 24.3 Å². The highest BCUT2D eigenvalue weighted by Gasteiger charge is 2.64. The van der Waals surface area contributed by atoms with Crippen LogP contribution in [0.4, 0.5) is 0 Å². The Balaban J connectivity index is 2.07. The highest BCUT2D eigenvalue weighted by Crippen LogP contribution is 2.63. The van der Waals surface area contributed by atoms with E-state index < -0.39 is 0 Å². The highest BCUT2D eigenvalue weighted by atomic mass is 35.5. The van der Waals surface area contributed by atoms with Gasteiger partial charge in [0.25, 0.3) is 0 Å². The maximum atomic E-state index is 6.03. The minimum absolute atomic E-state index is 0.347. The van der Waals surface area contributed by atoms with Crippen molar-refractivity contribution in [1.82, 2.24) is 5.32 Å². The lowest BCUT2D eigenvalue weighted by atomic mass is 10.0. The Morgan fingerprint density at radius 3 is 2.24 bits per heavy atom. The largest absolute Gasteiger partial charge is 0.306 e. The van der Waals surface area contributed by atoms with Gasteiger partial charge in [0, 0.05) is 17.1 Å². The maximum Gasteiger partial charge on any atom is 0.0409 e. The highest BCUT2D eigenvalue weighted by molar-refractivity contribution is 6.30. The first-order valence-corrected chi connectivity index (χ1v) is 6.66. The van der Waals surface area contributed by atoms with Crippen molar-refractivity contribution in [1.29, 1.82) is 0 Å². The molecule has 1 unspecified atom stereocenters. The van der Waals surface area contributed by atoms with Crippen LogP contribution in [0.25, 0.3) is 0 Å². The fraction of sp³-hybridized carbons (Fsp3) is 0.600. The number of benzene rings is 1. The van der Waals surface area contributed by atoms with E-state index in [0.29, 0.717) is 22.9 Å². The molecule has 94 valence electrons. The Labute approximate surface area is 110 Å². The number of hydrogen-bond acceptors (Lipinski definition) is 1. The van der Waals surface area contributed by atoms with Crippen LogP contribution in [0.5, 0.6) is 0 Å². The zero-order valence-corrected chi connectivity index (χ0v) is 12.1. The van der Waals surface area contributed by atoms with E-state index in [1.807, 2.05) is 18.2 Å².